The first-order chi connectivity index (χ1) is 9.15. The van der Waals surface area contributed by atoms with Crippen LogP contribution in [0.4, 0.5) is 0 Å². The molecule has 3 rings (SSSR count). The fourth-order valence-corrected chi connectivity index (χ4v) is 2.09. The molecule has 2 aromatic carbocycles. The lowest BCUT2D eigenvalue weighted by molar-refractivity contribution is 0.101. The van der Waals surface area contributed by atoms with Crippen LogP contribution < -0.4 is 0 Å². The van der Waals surface area contributed by atoms with E-state index in [1.807, 2.05) is 18.2 Å². The van der Waals surface area contributed by atoms with Gasteiger partial charge in [-0.3, -0.25) is 4.79 Å². The van der Waals surface area contributed by atoms with Gasteiger partial charge in [0.25, 0.3) is 0 Å². The predicted octanol–water partition coefficient (Wildman–Crippen LogP) is 4.02. The molecule has 0 aliphatic rings. The van der Waals surface area contributed by atoms with E-state index in [1.165, 1.54) is 18.2 Å². The average Bonchev–Trinajstić information content (AvgIpc) is 2.84. The Kier molecular flexibility index (Phi) is 2.76. The monoisotopic (exact) mass is 272 g/mol. The van der Waals surface area contributed by atoms with Gasteiger partial charge in [-0.15, -0.1) is 0 Å². The zero-order valence-electron chi connectivity index (χ0n) is 9.76. The lowest BCUT2D eigenvalue weighted by Gasteiger charge is -2.01. The molecule has 94 valence electrons. The van der Waals surface area contributed by atoms with E-state index in [4.69, 9.17) is 16.0 Å². The minimum Gasteiger partial charge on any atom is -0.507 e. The van der Waals surface area contributed by atoms with Gasteiger partial charge < -0.3 is 9.52 Å². The van der Waals surface area contributed by atoms with Gasteiger partial charge in [0.1, 0.15) is 11.3 Å². The maximum absolute atomic E-state index is 12.3. The summed E-state index contributed by atoms with van der Waals surface area (Å²) in [4.78, 5) is 12.3. The number of carbonyl (C=O) groups is 1. The van der Waals surface area contributed by atoms with Crippen LogP contribution in [-0.4, -0.2) is 10.9 Å². The van der Waals surface area contributed by atoms with Crippen molar-refractivity contribution in [2.75, 3.05) is 0 Å². The Balaban J connectivity index is 2.10. The van der Waals surface area contributed by atoms with Gasteiger partial charge in [0.2, 0.25) is 5.78 Å². The number of aromatic hydroxyl groups is 1. The Hall–Kier alpha value is -2.26. The molecule has 0 unspecified atom stereocenters. The first-order valence-electron chi connectivity index (χ1n) is 5.67. The Morgan fingerprint density at radius 1 is 1.11 bits per heavy atom. The molecule has 1 N–H and O–H groups in total. The molecule has 0 saturated heterocycles. The summed E-state index contributed by atoms with van der Waals surface area (Å²) in [6.45, 7) is 0. The predicted molar refractivity (Wildman–Crippen MR) is 72.8 cm³/mol. The number of para-hydroxylation sites is 1. The molecule has 0 aliphatic heterocycles. The number of halogens is 1. The van der Waals surface area contributed by atoms with Crippen LogP contribution in [0.2, 0.25) is 5.02 Å². The number of furan rings is 1. The molecule has 1 heterocycles. The highest BCUT2D eigenvalue weighted by molar-refractivity contribution is 6.31. The van der Waals surface area contributed by atoms with Crippen molar-refractivity contribution in [3.05, 3.63) is 64.9 Å². The van der Waals surface area contributed by atoms with Gasteiger partial charge in [0.05, 0.1) is 5.56 Å². The zero-order chi connectivity index (χ0) is 13.4. The molecule has 3 aromatic rings. The highest BCUT2D eigenvalue weighted by Gasteiger charge is 2.18. The number of fused-ring (bicyclic) bond motifs is 1. The van der Waals surface area contributed by atoms with Gasteiger partial charge in [-0.2, -0.15) is 0 Å². The molecule has 0 bridgehead atoms. The number of carbonyl (C=O) groups excluding carboxylic acids is 1. The highest BCUT2D eigenvalue weighted by Crippen LogP contribution is 2.27. The molecule has 0 spiro atoms. The van der Waals surface area contributed by atoms with E-state index < -0.39 is 5.78 Å². The van der Waals surface area contributed by atoms with E-state index in [9.17, 15) is 9.90 Å². The smallest absolute Gasteiger partial charge is 0.231 e. The fourth-order valence-electron chi connectivity index (χ4n) is 1.92. The summed E-state index contributed by atoms with van der Waals surface area (Å²) in [6.07, 6.45) is 0. The van der Waals surface area contributed by atoms with Crippen molar-refractivity contribution in [2.24, 2.45) is 0 Å². The maximum Gasteiger partial charge on any atom is 0.231 e. The average molecular weight is 273 g/mol. The molecule has 0 aliphatic carbocycles. The molecular formula is C15H9ClO3. The van der Waals surface area contributed by atoms with Crippen molar-refractivity contribution in [3.8, 4) is 5.75 Å². The van der Waals surface area contributed by atoms with E-state index in [-0.39, 0.29) is 17.1 Å². The first-order valence-corrected chi connectivity index (χ1v) is 6.05. The van der Waals surface area contributed by atoms with Crippen LogP contribution >= 0.6 is 11.6 Å². The number of phenols is 1. The molecular weight excluding hydrogens is 264 g/mol. The van der Waals surface area contributed by atoms with Gasteiger partial charge in [-0.1, -0.05) is 29.8 Å². The number of hydrogen-bond acceptors (Lipinski definition) is 3. The lowest BCUT2D eigenvalue weighted by Crippen LogP contribution is -1.99. The summed E-state index contributed by atoms with van der Waals surface area (Å²) in [5.74, 6) is -0.329. The summed E-state index contributed by atoms with van der Waals surface area (Å²) in [5.41, 5.74) is 0.763. The zero-order valence-corrected chi connectivity index (χ0v) is 10.5. The number of rotatable bonds is 2. The SMILES string of the molecule is O=C(c1cc2ccccc2o1)c1cc(Cl)ccc1O. The summed E-state index contributed by atoms with van der Waals surface area (Å²) in [6, 6.07) is 13.3. The minimum absolute atomic E-state index is 0.116. The summed E-state index contributed by atoms with van der Waals surface area (Å²) < 4.78 is 5.48. The van der Waals surface area contributed by atoms with E-state index >= 15 is 0 Å². The third kappa shape index (κ3) is 2.09. The summed E-state index contributed by atoms with van der Waals surface area (Å²) in [7, 11) is 0. The molecule has 0 radical (unpaired) electrons. The van der Waals surface area contributed by atoms with Crippen molar-refractivity contribution in [2.45, 2.75) is 0 Å². The van der Waals surface area contributed by atoms with E-state index in [0.29, 0.717) is 10.6 Å². The van der Waals surface area contributed by atoms with Crippen LogP contribution in [0.25, 0.3) is 11.0 Å². The molecule has 0 atom stereocenters. The van der Waals surface area contributed by atoms with Gasteiger partial charge in [-0.25, -0.2) is 0 Å². The van der Waals surface area contributed by atoms with Crippen LogP contribution in [0.15, 0.2) is 52.9 Å². The molecule has 4 heteroatoms. The topological polar surface area (TPSA) is 50.4 Å². The Labute approximate surface area is 114 Å². The standard InChI is InChI=1S/C15H9ClO3/c16-10-5-6-12(17)11(8-10)15(18)14-7-9-3-1-2-4-13(9)19-14/h1-8,17H. The quantitative estimate of drug-likeness (QED) is 0.717. The van der Waals surface area contributed by atoms with Crippen molar-refractivity contribution in [3.63, 3.8) is 0 Å². The van der Waals surface area contributed by atoms with E-state index in [0.717, 1.165) is 5.39 Å². The van der Waals surface area contributed by atoms with Crippen molar-refractivity contribution >= 4 is 28.4 Å². The summed E-state index contributed by atoms with van der Waals surface area (Å²) >= 11 is 5.83. The van der Waals surface area contributed by atoms with Crippen LogP contribution in [0.1, 0.15) is 16.1 Å². The van der Waals surface area contributed by atoms with Gasteiger partial charge in [0.15, 0.2) is 5.76 Å². The van der Waals surface area contributed by atoms with Crippen LogP contribution in [-0.2, 0) is 0 Å². The molecule has 3 nitrogen and oxygen atoms in total. The first kappa shape index (κ1) is 11.8. The highest BCUT2D eigenvalue weighted by atomic mass is 35.5. The fraction of sp³-hybridized carbons (Fsp3) is 0. The molecule has 1 aromatic heterocycles. The molecule has 0 amide bonds. The number of benzene rings is 2. The molecule has 0 fully saturated rings. The molecule has 19 heavy (non-hydrogen) atoms. The summed E-state index contributed by atoms with van der Waals surface area (Å²) in [5, 5.41) is 10.9. The Morgan fingerprint density at radius 2 is 1.89 bits per heavy atom. The maximum atomic E-state index is 12.3. The van der Waals surface area contributed by atoms with Gasteiger partial charge in [-0.05, 0) is 30.3 Å². The van der Waals surface area contributed by atoms with Crippen molar-refractivity contribution in [1.82, 2.24) is 0 Å². The van der Waals surface area contributed by atoms with Gasteiger partial charge in [0, 0.05) is 10.4 Å². The van der Waals surface area contributed by atoms with Crippen LogP contribution in [0, 0.1) is 0 Å². The third-order valence-corrected chi connectivity index (χ3v) is 3.09. The number of ketones is 1. The lowest BCUT2D eigenvalue weighted by atomic mass is 10.1. The van der Waals surface area contributed by atoms with Crippen molar-refractivity contribution < 1.29 is 14.3 Å². The third-order valence-electron chi connectivity index (χ3n) is 2.85. The van der Waals surface area contributed by atoms with E-state index in [2.05, 4.69) is 0 Å². The second kappa shape index (κ2) is 4.44. The van der Waals surface area contributed by atoms with Crippen LogP contribution in [0.5, 0.6) is 5.75 Å². The second-order valence-electron chi connectivity index (χ2n) is 4.14. The number of hydrogen-bond donors (Lipinski definition) is 1. The Morgan fingerprint density at radius 3 is 2.68 bits per heavy atom. The second-order valence-corrected chi connectivity index (χ2v) is 4.58. The number of phenolic OH excluding ortho intramolecular Hbond substituents is 1. The Bertz CT molecular complexity index is 741. The van der Waals surface area contributed by atoms with Gasteiger partial charge >= 0.3 is 0 Å². The van der Waals surface area contributed by atoms with Crippen molar-refractivity contribution in [1.29, 1.82) is 0 Å². The normalized spacial score (nSPS) is 10.8. The largest absolute Gasteiger partial charge is 0.507 e. The molecule has 0 saturated carbocycles. The van der Waals surface area contributed by atoms with E-state index in [1.54, 1.807) is 12.1 Å². The minimum atomic E-state index is -0.392. The van der Waals surface area contributed by atoms with Crippen LogP contribution in [0.3, 0.4) is 0 Å².